The van der Waals surface area contributed by atoms with Crippen LogP contribution in [0.3, 0.4) is 0 Å². The summed E-state index contributed by atoms with van der Waals surface area (Å²) in [6, 6.07) is 12.3. The van der Waals surface area contributed by atoms with Gasteiger partial charge in [-0.2, -0.15) is 8.42 Å². The van der Waals surface area contributed by atoms with Crippen molar-refractivity contribution in [2.24, 2.45) is 0 Å². The van der Waals surface area contributed by atoms with E-state index in [1.54, 1.807) is 41.3 Å². The van der Waals surface area contributed by atoms with E-state index in [9.17, 15) is 17.6 Å². The van der Waals surface area contributed by atoms with E-state index in [1.165, 1.54) is 19.1 Å². The van der Waals surface area contributed by atoms with Crippen LogP contribution in [-0.2, 0) is 16.7 Å². The Morgan fingerprint density at radius 1 is 1.11 bits per heavy atom. The minimum atomic E-state index is -3.59. The predicted octanol–water partition coefficient (Wildman–Crippen LogP) is 4.00. The summed E-state index contributed by atoms with van der Waals surface area (Å²) in [5.74, 6) is -0.829. The van der Waals surface area contributed by atoms with Crippen LogP contribution in [0.1, 0.15) is 43.1 Å². The van der Waals surface area contributed by atoms with Crippen LogP contribution in [0.2, 0.25) is 0 Å². The number of halogens is 1. The zero-order chi connectivity index (χ0) is 20.0. The van der Waals surface area contributed by atoms with Gasteiger partial charge in [0.05, 0.1) is 11.3 Å². The van der Waals surface area contributed by atoms with E-state index >= 15 is 0 Å². The van der Waals surface area contributed by atoms with Crippen LogP contribution in [0.15, 0.2) is 48.5 Å². The minimum absolute atomic E-state index is 0.0341. The first-order valence-electron chi connectivity index (χ1n) is 8.84. The molecule has 1 amide bonds. The van der Waals surface area contributed by atoms with Crippen LogP contribution >= 0.6 is 0 Å². The number of hydrogen-bond acceptors (Lipinski definition) is 4. The molecule has 2 aromatic rings. The molecule has 2 aromatic carbocycles. The number of carbonyl (C=O) groups is 1. The number of nitrogens with zero attached hydrogens (tertiary/aromatic N) is 1. The summed E-state index contributed by atoms with van der Waals surface area (Å²) >= 11 is 0. The molecule has 0 unspecified atom stereocenters. The van der Waals surface area contributed by atoms with E-state index in [1.807, 2.05) is 13.8 Å². The van der Waals surface area contributed by atoms with Crippen molar-refractivity contribution >= 4 is 16.0 Å². The van der Waals surface area contributed by atoms with Crippen molar-refractivity contribution in [3.8, 4) is 5.75 Å². The summed E-state index contributed by atoms with van der Waals surface area (Å²) in [6.45, 7) is 5.65. The van der Waals surface area contributed by atoms with E-state index in [-0.39, 0.29) is 35.6 Å². The average Bonchev–Trinajstić information content (AvgIpc) is 2.66. The van der Waals surface area contributed by atoms with E-state index in [2.05, 4.69) is 0 Å². The van der Waals surface area contributed by atoms with Crippen molar-refractivity contribution < 1.29 is 21.8 Å². The molecule has 0 aromatic heterocycles. The fraction of sp³-hybridized carbons (Fsp3) is 0.350. The average molecular weight is 393 g/mol. The highest BCUT2D eigenvalue weighted by atomic mass is 32.2. The smallest absolute Gasteiger partial charge is 0.308 e. The maximum Gasteiger partial charge on any atom is 0.308 e. The van der Waals surface area contributed by atoms with Gasteiger partial charge in [-0.3, -0.25) is 4.79 Å². The number of carbonyl (C=O) groups excluding carboxylic acids is 1. The van der Waals surface area contributed by atoms with Crippen LogP contribution in [0.4, 0.5) is 4.39 Å². The Morgan fingerprint density at radius 3 is 2.30 bits per heavy atom. The lowest BCUT2D eigenvalue weighted by molar-refractivity contribution is 0.0666. The lowest BCUT2D eigenvalue weighted by Gasteiger charge is -2.29. The van der Waals surface area contributed by atoms with Crippen molar-refractivity contribution in [2.45, 2.75) is 39.8 Å². The minimum Gasteiger partial charge on any atom is -0.382 e. The molecule has 0 spiro atoms. The van der Waals surface area contributed by atoms with Crippen molar-refractivity contribution in [3.63, 3.8) is 0 Å². The van der Waals surface area contributed by atoms with E-state index in [4.69, 9.17) is 4.18 Å². The topological polar surface area (TPSA) is 63.7 Å². The zero-order valence-electron chi connectivity index (χ0n) is 15.7. The van der Waals surface area contributed by atoms with Crippen LogP contribution in [0, 0.1) is 5.82 Å². The van der Waals surface area contributed by atoms with Gasteiger partial charge in [-0.05, 0) is 50.1 Å². The normalized spacial score (nSPS) is 12.4. The van der Waals surface area contributed by atoms with Gasteiger partial charge in [-0.1, -0.05) is 31.2 Å². The molecule has 0 heterocycles. The van der Waals surface area contributed by atoms with Crippen LogP contribution in [0.5, 0.6) is 5.75 Å². The molecule has 1 atom stereocenters. The molecule has 5 nitrogen and oxygen atoms in total. The summed E-state index contributed by atoms with van der Waals surface area (Å²) in [4.78, 5) is 14.5. The van der Waals surface area contributed by atoms with Crippen LogP contribution in [-0.4, -0.2) is 31.0 Å². The Labute approximate surface area is 159 Å². The highest BCUT2D eigenvalue weighted by Gasteiger charge is 2.23. The first-order chi connectivity index (χ1) is 12.8. The molecular formula is C20H24FNO4S. The molecule has 27 heavy (non-hydrogen) atoms. The largest absolute Gasteiger partial charge is 0.382 e. The Hall–Kier alpha value is -2.41. The summed E-state index contributed by atoms with van der Waals surface area (Å²) in [7, 11) is -3.59. The van der Waals surface area contributed by atoms with E-state index < -0.39 is 15.9 Å². The third kappa shape index (κ3) is 5.53. The number of amides is 1. The maximum atomic E-state index is 14.0. The fourth-order valence-corrected chi connectivity index (χ4v) is 3.01. The third-order valence-electron chi connectivity index (χ3n) is 4.34. The molecular weight excluding hydrogens is 369 g/mol. The molecule has 0 radical (unpaired) electrons. The second-order valence-corrected chi connectivity index (χ2v) is 8.10. The third-order valence-corrected chi connectivity index (χ3v) is 5.49. The van der Waals surface area contributed by atoms with E-state index in [0.717, 1.165) is 12.0 Å². The van der Waals surface area contributed by atoms with Crippen LogP contribution in [0.25, 0.3) is 0 Å². The van der Waals surface area contributed by atoms with Gasteiger partial charge in [-0.15, -0.1) is 0 Å². The second-order valence-electron chi connectivity index (χ2n) is 6.24. The molecule has 146 valence electrons. The Bertz CT molecular complexity index is 881. The first-order valence-corrected chi connectivity index (χ1v) is 10.4. The van der Waals surface area contributed by atoms with Gasteiger partial charge in [-0.25, -0.2) is 4.39 Å². The molecule has 0 saturated heterocycles. The lowest BCUT2D eigenvalue weighted by atomic mass is 10.1. The molecule has 7 heteroatoms. The van der Waals surface area contributed by atoms with Gasteiger partial charge in [0.1, 0.15) is 11.6 Å². The van der Waals surface area contributed by atoms with Crippen molar-refractivity contribution in [3.05, 3.63) is 65.5 Å². The summed E-state index contributed by atoms with van der Waals surface area (Å²) in [6.07, 6.45) is 0.718. The quantitative estimate of drug-likeness (QED) is 0.636. The molecule has 0 aliphatic heterocycles. The Kier molecular flexibility index (Phi) is 6.96. The van der Waals surface area contributed by atoms with Crippen molar-refractivity contribution in [1.82, 2.24) is 4.90 Å². The summed E-state index contributed by atoms with van der Waals surface area (Å²) in [5.41, 5.74) is 0.827. The number of benzene rings is 2. The molecule has 0 fully saturated rings. The number of rotatable bonds is 8. The van der Waals surface area contributed by atoms with Gasteiger partial charge in [0.15, 0.2) is 0 Å². The molecule has 0 aliphatic rings. The maximum absolute atomic E-state index is 14.0. The molecule has 0 N–H and O–H groups in total. The molecule has 0 saturated carbocycles. The van der Waals surface area contributed by atoms with Gasteiger partial charge < -0.3 is 9.08 Å². The fourth-order valence-electron chi connectivity index (χ4n) is 2.49. The van der Waals surface area contributed by atoms with Gasteiger partial charge in [0, 0.05) is 12.6 Å². The SMILES string of the molecule is CC[C@H](C)N(Cc1ccc(OS(=O)(=O)CC)cc1)C(=O)c1ccccc1F. The van der Waals surface area contributed by atoms with Gasteiger partial charge in [0.2, 0.25) is 0 Å². The first kappa shape index (κ1) is 20.9. The van der Waals surface area contributed by atoms with Gasteiger partial charge >= 0.3 is 10.1 Å². The molecule has 0 bridgehead atoms. The van der Waals surface area contributed by atoms with Crippen LogP contribution < -0.4 is 4.18 Å². The zero-order valence-corrected chi connectivity index (χ0v) is 16.5. The highest BCUT2D eigenvalue weighted by molar-refractivity contribution is 7.87. The standard InChI is InChI=1S/C20H24FNO4S/c1-4-15(3)22(20(23)18-8-6-7-9-19(18)21)14-16-10-12-17(13-11-16)26-27(24,25)5-2/h6-13,15H,4-5,14H2,1-3H3/t15-/m0/s1. The highest BCUT2D eigenvalue weighted by Crippen LogP contribution is 2.20. The van der Waals surface area contributed by atoms with Crippen molar-refractivity contribution in [2.75, 3.05) is 5.75 Å². The monoisotopic (exact) mass is 393 g/mol. The lowest BCUT2D eigenvalue weighted by Crippen LogP contribution is -2.38. The predicted molar refractivity (Wildman–Crippen MR) is 103 cm³/mol. The summed E-state index contributed by atoms with van der Waals surface area (Å²) in [5, 5.41) is 0. The Balaban J connectivity index is 2.22. The van der Waals surface area contributed by atoms with E-state index in [0.29, 0.717) is 0 Å². The summed E-state index contributed by atoms with van der Waals surface area (Å²) < 4.78 is 42.0. The molecule has 0 aliphatic carbocycles. The molecule has 2 rings (SSSR count). The second kappa shape index (κ2) is 8.99. The van der Waals surface area contributed by atoms with Crippen molar-refractivity contribution in [1.29, 1.82) is 0 Å². The van der Waals surface area contributed by atoms with Gasteiger partial charge in [0.25, 0.3) is 5.91 Å². The Morgan fingerprint density at radius 2 is 1.74 bits per heavy atom. The number of hydrogen-bond donors (Lipinski definition) is 0.